The van der Waals surface area contributed by atoms with E-state index < -0.39 is 0 Å². The zero-order chi connectivity index (χ0) is 18.1. The van der Waals surface area contributed by atoms with E-state index in [0.717, 1.165) is 29.0 Å². The Morgan fingerprint density at radius 2 is 1.43 bits per heavy atom. The SMILES string of the molecule is CC.CC.COc1cc(C)c(OCC=CCC=CCO)c(C)c1. The molecule has 132 valence electrons. The van der Waals surface area contributed by atoms with Crippen LogP contribution in [0.3, 0.4) is 0 Å². The van der Waals surface area contributed by atoms with Crippen LogP contribution >= 0.6 is 0 Å². The van der Waals surface area contributed by atoms with Crippen molar-refractivity contribution in [2.75, 3.05) is 20.3 Å². The standard InChI is InChI=1S/C16H22O3.2C2H6/c1-13-11-15(18-3)12-14(2)16(13)19-10-8-6-4-5-7-9-17;2*1-2/h5-8,11-12,17H,4,9-10H2,1-3H3;2*1-2H3. The average Bonchev–Trinajstić information content (AvgIpc) is 2.59. The maximum absolute atomic E-state index is 8.58. The molecule has 3 nitrogen and oxygen atoms in total. The number of aliphatic hydroxyl groups excluding tert-OH is 1. The van der Waals surface area contributed by atoms with Crippen LogP contribution in [0.15, 0.2) is 36.4 Å². The van der Waals surface area contributed by atoms with E-state index in [0.29, 0.717) is 6.61 Å². The van der Waals surface area contributed by atoms with Crippen molar-refractivity contribution in [1.82, 2.24) is 0 Å². The molecule has 0 amide bonds. The molecule has 1 aromatic carbocycles. The highest BCUT2D eigenvalue weighted by molar-refractivity contribution is 5.46. The summed E-state index contributed by atoms with van der Waals surface area (Å²) >= 11 is 0. The topological polar surface area (TPSA) is 38.7 Å². The number of hydrogen-bond donors (Lipinski definition) is 1. The Morgan fingerprint density at radius 3 is 1.91 bits per heavy atom. The summed E-state index contributed by atoms with van der Waals surface area (Å²) < 4.78 is 11.0. The van der Waals surface area contributed by atoms with E-state index >= 15 is 0 Å². The Balaban J connectivity index is 0. The van der Waals surface area contributed by atoms with E-state index in [9.17, 15) is 0 Å². The van der Waals surface area contributed by atoms with E-state index in [1.54, 1.807) is 13.2 Å². The first-order chi connectivity index (χ1) is 11.2. The number of hydrogen-bond acceptors (Lipinski definition) is 3. The first kappa shape index (κ1) is 23.5. The number of methoxy groups -OCH3 is 1. The molecule has 0 bridgehead atoms. The van der Waals surface area contributed by atoms with Gasteiger partial charge in [-0.3, -0.25) is 0 Å². The molecule has 0 heterocycles. The van der Waals surface area contributed by atoms with Gasteiger partial charge in [-0.25, -0.2) is 0 Å². The van der Waals surface area contributed by atoms with Crippen molar-refractivity contribution in [3.8, 4) is 11.5 Å². The van der Waals surface area contributed by atoms with Gasteiger partial charge >= 0.3 is 0 Å². The van der Waals surface area contributed by atoms with E-state index in [1.807, 2.05) is 71.9 Å². The van der Waals surface area contributed by atoms with Gasteiger partial charge in [-0.2, -0.15) is 0 Å². The van der Waals surface area contributed by atoms with Gasteiger partial charge in [-0.15, -0.1) is 0 Å². The molecule has 1 aromatic rings. The van der Waals surface area contributed by atoms with E-state index in [2.05, 4.69) is 0 Å². The van der Waals surface area contributed by atoms with Crippen molar-refractivity contribution >= 4 is 0 Å². The van der Waals surface area contributed by atoms with Crippen LogP contribution in [-0.2, 0) is 0 Å². The summed E-state index contributed by atoms with van der Waals surface area (Å²) in [7, 11) is 1.66. The summed E-state index contributed by atoms with van der Waals surface area (Å²) in [6, 6.07) is 3.94. The van der Waals surface area contributed by atoms with Crippen molar-refractivity contribution in [2.24, 2.45) is 0 Å². The number of rotatable bonds is 7. The van der Waals surface area contributed by atoms with Crippen molar-refractivity contribution in [1.29, 1.82) is 0 Å². The average molecular weight is 322 g/mol. The van der Waals surface area contributed by atoms with Crippen LogP contribution in [-0.4, -0.2) is 25.4 Å². The monoisotopic (exact) mass is 322 g/mol. The van der Waals surface area contributed by atoms with E-state index in [4.69, 9.17) is 14.6 Å². The first-order valence-corrected chi connectivity index (χ1v) is 8.38. The third-order valence-corrected chi connectivity index (χ3v) is 2.70. The quantitative estimate of drug-likeness (QED) is 0.698. The molecule has 1 N–H and O–H groups in total. The minimum Gasteiger partial charge on any atom is -0.497 e. The summed E-state index contributed by atoms with van der Waals surface area (Å²) in [5, 5.41) is 8.58. The lowest BCUT2D eigenvalue weighted by molar-refractivity contribution is 0.342. The number of aryl methyl sites for hydroxylation is 2. The van der Waals surface area contributed by atoms with Crippen LogP contribution in [0.2, 0.25) is 0 Å². The van der Waals surface area contributed by atoms with Crippen LogP contribution < -0.4 is 9.47 Å². The predicted octanol–water partition coefficient (Wildman–Crippen LogP) is 5.24. The third kappa shape index (κ3) is 10.6. The second kappa shape index (κ2) is 16.6. The van der Waals surface area contributed by atoms with Crippen molar-refractivity contribution in [2.45, 2.75) is 48.0 Å². The maximum atomic E-state index is 8.58. The fourth-order valence-corrected chi connectivity index (χ4v) is 1.80. The number of ether oxygens (including phenoxy) is 2. The summed E-state index contributed by atoms with van der Waals surface area (Å²) in [6.07, 6.45) is 8.44. The van der Waals surface area contributed by atoms with Gasteiger partial charge in [0.15, 0.2) is 0 Å². The lowest BCUT2D eigenvalue weighted by Crippen LogP contribution is -1.98. The molecule has 0 aliphatic rings. The van der Waals surface area contributed by atoms with Gasteiger partial charge in [0.25, 0.3) is 0 Å². The van der Waals surface area contributed by atoms with Crippen LogP contribution in [0.1, 0.15) is 45.2 Å². The minimum atomic E-state index is 0.0918. The molecular formula is C20H34O3. The highest BCUT2D eigenvalue weighted by Crippen LogP contribution is 2.28. The molecule has 0 aliphatic carbocycles. The lowest BCUT2D eigenvalue weighted by atomic mass is 10.1. The Labute approximate surface area is 142 Å². The fourth-order valence-electron chi connectivity index (χ4n) is 1.80. The highest BCUT2D eigenvalue weighted by Gasteiger charge is 2.05. The normalized spacial score (nSPS) is 9.91. The van der Waals surface area contributed by atoms with Gasteiger partial charge in [0, 0.05) is 0 Å². The molecule has 0 spiro atoms. The Morgan fingerprint density at radius 1 is 0.913 bits per heavy atom. The molecular weight excluding hydrogens is 288 g/mol. The Bertz CT molecular complexity index is 425. The molecule has 0 unspecified atom stereocenters. The summed E-state index contributed by atoms with van der Waals surface area (Å²) in [5.74, 6) is 1.77. The second-order valence-corrected chi connectivity index (χ2v) is 4.26. The first-order valence-electron chi connectivity index (χ1n) is 8.38. The summed E-state index contributed by atoms with van der Waals surface area (Å²) in [5.41, 5.74) is 2.15. The predicted molar refractivity (Wildman–Crippen MR) is 101 cm³/mol. The van der Waals surface area contributed by atoms with Crippen molar-refractivity contribution in [3.05, 3.63) is 47.6 Å². The molecule has 3 heteroatoms. The van der Waals surface area contributed by atoms with Gasteiger partial charge in [0.2, 0.25) is 0 Å². The highest BCUT2D eigenvalue weighted by atomic mass is 16.5. The molecule has 0 fully saturated rings. The Kier molecular flexibility index (Phi) is 17.0. The summed E-state index contributed by atoms with van der Waals surface area (Å²) in [4.78, 5) is 0. The van der Waals surface area contributed by atoms with Crippen LogP contribution in [0.4, 0.5) is 0 Å². The molecule has 0 radical (unpaired) electrons. The number of aliphatic hydroxyl groups is 1. The molecule has 23 heavy (non-hydrogen) atoms. The van der Waals surface area contributed by atoms with E-state index in [-0.39, 0.29) is 6.61 Å². The molecule has 1 rings (SSSR count). The molecule has 0 saturated heterocycles. The summed E-state index contributed by atoms with van der Waals surface area (Å²) in [6.45, 7) is 12.7. The molecule has 0 atom stereocenters. The number of allylic oxidation sites excluding steroid dienone is 2. The van der Waals surface area contributed by atoms with Crippen molar-refractivity contribution < 1.29 is 14.6 Å². The second-order valence-electron chi connectivity index (χ2n) is 4.26. The van der Waals surface area contributed by atoms with E-state index in [1.165, 1.54) is 0 Å². The zero-order valence-electron chi connectivity index (χ0n) is 15.8. The van der Waals surface area contributed by atoms with Crippen molar-refractivity contribution in [3.63, 3.8) is 0 Å². The van der Waals surface area contributed by atoms with Crippen LogP contribution in [0.5, 0.6) is 11.5 Å². The van der Waals surface area contributed by atoms with Crippen LogP contribution in [0, 0.1) is 13.8 Å². The number of benzene rings is 1. The van der Waals surface area contributed by atoms with Gasteiger partial charge < -0.3 is 14.6 Å². The van der Waals surface area contributed by atoms with Gasteiger partial charge in [0.1, 0.15) is 18.1 Å². The van der Waals surface area contributed by atoms with Gasteiger partial charge in [0.05, 0.1) is 13.7 Å². The zero-order valence-corrected chi connectivity index (χ0v) is 15.8. The third-order valence-electron chi connectivity index (χ3n) is 2.70. The van der Waals surface area contributed by atoms with Gasteiger partial charge in [-0.1, -0.05) is 52.0 Å². The maximum Gasteiger partial charge on any atom is 0.125 e. The minimum absolute atomic E-state index is 0.0918. The smallest absolute Gasteiger partial charge is 0.125 e. The van der Waals surface area contributed by atoms with Gasteiger partial charge in [-0.05, 0) is 43.5 Å². The Hall–Kier alpha value is -1.74. The van der Waals surface area contributed by atoms with Crippen LogP contribution in [0.25, 0.3) is 0 Å². The lowest BCUT2D eigenvalue weighted by Gasteiger charge is -2.12. The fraction of sp³-hybridized carbons (Fsp3) is 0.500. The largest absolute Gasteiger partial charge is 0.497 e. The molecule has 0 aliphatic heterocycles. The molecule has 0 saturated carbocycles. The molecule has 0 aromatic heterocycles.